The van der Waals surface area contributed by atoms with Gasteiger partial charge in [0.2, 0.25) is 0 Å². The first-order valence-corrected chi connectivity index (χ1v) is 8.07. The summed E-state index contributed by atoms with van der Waals surface area (Å²) in [5.41, 5.74) is 0. The number of nitrogens with zero attached hydrogens (tertiary/aromatic N) is 2. The van der Waals surface area contributed by atoms with Crippen molar-refractivity contribution >= 4 is 22.7 Å². The fraction of sp³-hybridized carbons (Fsp3) is 0.538. The average Bonchev–Trinajstić information content (AvgIpc) is 3.02. The summed E-state index contributed by atoms with van der Waals surface area (Å²) in [6.07, 6.45) is 2.08. The fourth-order valence-electron chi connectivity index (χ4n) is 1.62. The summed E-state index contributed by atoms with van der Waals surface area (Å²) in [6, 6.07) is 2.55. The lowest BCUT2D eigenvalue weighted by Crippen LogP contribution is -2.23. The van der Waals surface area contributed by atoms with Crippen molar-refractivity contribution in [3.8, 4) is 15.6 Å². The highest BCUT2D eigenvalue weighted by Crippen LogP contribution is 2.32. The second-order valence-electron chi connectivity index (χ2n) is 4.56. The molecule has 0 unspecified atom stereocenters. The van der Waals surface area contributed by atoms with Crippen LogP contribution in [0.15, 0.2) is 11.4 Å². The van der Waals surface area contributed by atoms with Crippen molar-refractivity contribution in [2.24, 2.45) is 0 Å². The monoisotopic (exact) mass is 297 g/mol. The molecule has 4 nitrogen and oxygen atoms in total. The van der Waals surface area contributed by atoms with E-state index in [1.165, 1.54) is 0 Å². The van der Waals surface area contributed by atoms with E-state index in [0.29, 0.717) is 6.04 Å². The minimum Gasteiger partial charge on any atom is -0.496 e. The Hall–Kier alpha value is -0.980. The number of ether oxygens (including phenoxy) is 1. The number of hydrogen-bond acceptors (Lipinski definition) is 6. The number of nitrogens with one attached hydrogen (secondary N) is 1. The summed E-state index contributed by atoms with van der Waals surface area (Å²) in [7, 11) is 1.68. The molecule has 2 aromatic heterocycles. The minimum atomic E-state index is 0.545. The molecule has 0 saturated carbocycles. The zero-order valence-corrected chi connectivity index (χ0v) is 13.1. The van der Waals surface area contributed by atoms with Crippen LogP contribution in [0, 0.1) is 0 Å². The van der Waals surface area contributed by atoms with Gasteiger partial charge in [0, 0.05) is 23.9 Å². The molecule has 0 saturated heterocycles. The van der Waals surface area contributed by atoms with E-state index in [-0.39, 0.29) is 0 Å². The summed E-state index contributed by atoms with van der Waals surface area (Å²) >= 11 is 3.32. The molecule has 1 N–H and O–H groups in total. The van der Waals surface area contributed by atoms with Gasteiger partial charge in [-0.05, 0) is 13.0 Å². The Morgan fingerprint density at radius 1 is 1.37 bits per heavy atom. The molecule has 0 amide bonds. The van der Waals surface area contributed by atoms with Gasteiger partial charge in [-0.2, -0.15) is 0 Å². The van der Waals surface area contributed by atoms with Crippen LogP contribution < -0.4 is 10.1 Å². The SMILES string of the molecule is COc1csc(-c2nnc(CCCNC(C)C)s2)c1. The Balaban J connectivity index is 1.88. The molecule has 0 aromatic carbocycles. The van der Waals surface area contributed by atoms with Gasteiger partial charge in [-0.25, -0.2) is 0 Å². The van der Waals surface area contributed by atoms with E-state index >= 15 is 0 Å². The van der Waals surface area contributed by atoms with Gasteiger partial charge < -0.3 is 10.1 Å². The van der Waals surface area contributed by atoms with Crippen molar-refractivity contribution in [2.75, 3.05) is 13.7 Å². The molecule has 0 radical (unpaired) electrons. The van der Waals surface area contributed by atoms with Crippen molar-refractivity contribution in [3.05, 3.63) is 16.5 Å². The highest BCUT2D eigenvalue weighted by atomic mass is 32.1. The van der Waals surface area contributed by atoms with Crippen LogP contribution in [0.25, 0.3) is 9.88 Å². The molecule has 6 heteroatoms. The number of aryl methyl sites for hydroxylation is 1. The summed E-state index contributed by atoms with van der Waals surface area (Å²) in [6.45, 7) is 5.35. The maximum atomic E-state index is 5.18. The Bertz CT molecular complexity index is 507. The maximum Gasteiger partial charge on any atom is 0.157 e. The second-order valence-corrected chi connectivity index (χ2v) is 6.54. The molecule has 0 aliphatic carbocycles. The topological polar surface area (TPSA) is 47.0 Å². The third kappa shape index (κ3) is 4.26. The van der Waals surface area contributed by atoms with Gasteiger partial charge in [-0.1, -0.05) is 25.2 Å². The normalized spacial score (nSPS) is 11.2. The standard InChI is InChI=1S/C13H19N3OS2/c1-9(2)14-6-4-5-12-15-16-13(19-12)11-7-10(17-3)8-18-11/h7-9,14H,4-6H2,1-3H3. The lowest BCUT2D eigenvalue weighted by Gasteiger charge is -2.05. The zero-order valence-electron chi connectivity index (χ0n) is 11.5. The molecule has 0 bridgehead atoms. The van der Waals surface area contributed by atoms with Gasteiger partial charge in [0.25, 0.3) is 0 Å². The summed E-state index contributed by atoms with van der Waals surface area (Å²) < 4.78 is 5.18. The maximum absolute atomic E-state index is 5.18. The van der Waals surface area contributed by atoms with Crippen LogP contribution in [0.1, 0.15) is 25.3 Å². The molecular weight excluding hydrogens is 278 g/mol. The molecule has 0 atom stereocenters. The Kier molecular flexibility index (Phi) is 5.30. The van der Waals surface area contributed by atoms with Crippen LogP contribution in [0.4, 0.5) is 0 Å². The van der Waals surface area contributed by atoms with Gasteiger partial charge in [-0.3, -0.25) is 0 Å². The smallest absolute Gasteiger partial charge is 0.157 e. The number of aromatic nitrogens is 2. The first-order chi connectivity index (χ1) is 9.19. The van der Waals surface area contributed by atoms with Crippen molar-refractivity contribution in [1.29, 1.82) is 0 Å². The predicted molar refractivity (Wildman–Crippen MR) is 81.2 cm³/mol. The molecule has 19 heavy (non-hydrogen) atoms. The van der Waals surface area contributed by atoms with E-state index in [0.717, 1.165) is 40.0 Å². The third-order valence-electron chi connectivity index (χ3n) is 2.61. The molecule has 104 valence electrons. The number of hydrogen-bond donors (Lipinski definition) is 1. The van der Waals surface area contributed by atoms with Crippen LogP contribution in [-0.4, -0.2) is 29.9 Å². The van der Waals surface area contributed by atoms with Crippen LogP contribution in [0.5, 0.6) is 5.75 Å². The molecule has 0 aliphatic rings. The molecule has 2 aromatic rings. The zero-order chi connectivity index (χ0) is 13.7. The van der Waals surface area contributed by atoms with Crippen LogP contribution in [0.2, 0.25) is 0 Å². The summed E-state index contributed by atoms with van der Waals surface area (Å²) in [4.78, 5) is 1.13. The Morgan fingerprint density at radius 2 is 2.21 bits per heavy atom. The quantitative estimate of drug-likeness (QED) is 0.797. The van der Waals surface area contributed by atoms with Crippen molar-refractivity contribution in [1.82, 2.24) is 15.5 Å². The first-order valence-electron chi connectivity index (χ1n) is 6.37. The van der Waals surface area contributed by atoms with Crippen molar-refractivity contribution < 1.29 is 4.74 Å². The lowest BCUT2D eigenvalue weighted by molar-refractivity contribution is 0.417. The van der Waals surface area contributed by atoms with E-state index in [1.54, 1.807) is 29.8 Å². The van der Waals surface area contributed by atoms with Crippen molar-refractivity contribution in [2.45, 2.75) is 32.7 Å². The van der Waals surface area contributed by atoms with Gasteiger partial charge in [0.05, 0.1) is 12.0 Å². The van der Waals surface area contributed by atoms with E-state index in [9.17, 15) is 0 Å². The fourth-order valence-corrected chi connectivity index (χ4v) is 3.42. The second kappa shape index (κ2) is 6.98. The van der Waals surface area contributed by atoms with Crippen LogP contribution >= 0.6 is 22.7 Å². The van der Waals surface area contributed by atoms with Crippen LogP contribution in [-0.2, 0) is 6.42 Å². The summed E-state index contributed by atoms with van der Waals surface area (Å²) in [5, 5.41) is 16.0. The summed E-state index contributed by atoms with van der Waals surface area (Å²) in [5.74, 6) is 0.887. The Labute approximate surface area is 121 Å². The highest BCUT2D eigenvalue weighted by molar-refractivity contribution is 7.20. The average molecular weight is 297 g/mol. The molecular formula is C13H19N3OS2. The van der Waals surface area contributed by atoms with E-state index in [1.807, 2.05) is 11.4 Å². The number of rotatable bonds is 7. The third-order valence-corrected chi connectivity index (χ3v) is 4.67. The molecule has 2 heterocycles. The number of methoxy groups -OCH3 is 1. The van der Waals surface area contributed by atoms with Gasteiger partial charge in [0.15, 0.2) is 5.01 Å². The molecule has 0 spiro atoms. The first kappa shape index (κ1) is 14.4. The molecule has 2 rings (SSSR count). The van der Waals surface area contributed by atoms with E-state index in [2.05, 4.69) is 29.4 Å². The van der Waals surface area contributed by atoms with Crippen molar-refractivity contribution in [3.63, 3.8) is 0 Å². The van der Waals surface area contributed by atoms with Crippen LogP contribution in [0.3, 0.4) is 0 Å². The van der Waals surface area contributed by atoms with Gasteiger partial charge in [-0.15, -0.1) is 21.5 Å². The van der Waals surface area contributed by atoms with E-state index in [4.69, 9.17) is 4.74 Å². The lowest BCUT2D eigenvalue weighted by atomic mass is 10.3. The number of thiophene rings is 1. The molecule has 0 aliphatic heterocycles. The van der Waals surface area contributed by atoms with Gasteiger partial charge >= 0.3 is 0 Å². The predicted octanol–water partition coefficient (Wildman–Crippen LogP) is 3.21. The molecule has 0 fully saturated rings. The minimum absolute atomic E-state index is 0.545. The highest BCUT2D eigenvalue weighted by Gasteiger charge is 2.09. The Morgan fingerprint density at radius 3 is 2.89 bits per heavy atom. The van der Waals surface area contributed by atoms with Gasteiger partial charge in [0.1, 0.15) is 10.8 Å². The van der Waals surface area contributed by atoms with E-state index < -0.39 is 0 Å². The largest absolute Gasteiger partial charge is 0.496 e.